The molecule has 3 rings (SSSR count). The van der Waals surface area contributed by atoms with Crippen LogP contribution in [0, 0.1) is 11.8 Å². The molecule has 0 bridgehead atoms. The van der Waals surface area contributed by atoms with Crippen molar-refractivity contribution in [1.82, 2.24) is 5.32 Å². The molecule has 2 unspecified atom stereocenters. The van der Waals surface area contributed by atoms with Gasteiger partial charge >= 0.3 is 0 Å². The Morgan fingerprint density at radius 2 is 2.14 bits per heavy atom. The molecule has 1 saturated heterocycles. The number of hydrogen-bond donors (Lipinski definition) is 1. The van der Waals surface area contributed by atoms with Gasteiger partial charge in [0.25, 0.3) is 0 Å². The summed E-state index contributed by atoms with van der Waals surface area (Å²) in [5, 5.41) is 3.36. The fourth-order valence-electron chi connectivity index (χ4n) is 2.62. The highest BCUT2D eigenvalue weighted by molar-refractivity contribution is 5.38. The van der Waals surface area contributed by atoms with Crippen LogP contribution >= 0.6 is 0 Å². The Bertz CT molecular complexity index is 301. The van der Waals surface area contributed by atoms with Gasteiger partial charge in [-0.25, -0.2) is 4.39 Å². The van der Waals surface area contributed by atoms with E-state index in [4.69, 9.17) is 0 Å². The molecule has 2 atom stereocenters. The Morgan fingerprint density at radius 1 is 1.36 bits per heavy atom. The molecular formula is C12H16FN. The Morgan fingerprint density at radius 3 is 2.86 bits per heavy atom. The molecule has 1 heterocycles. The van der Waals surface area contributed by atoms with Gasteiger partial charge in [-0.2, -0.15) is 0 Å². The van der Waals surface area contributed by atoms with E-state index in [1.54, 1.807) is 6.08 Å². The van der Waals surface area contributed by atoms with Gasteiger partial charge in [0.1, 0.15) is 5.67 Å². The van der Waals surface area contributed by atoms with Crippen molar-refractivity contribution < 1.29 is 4.39 Å². The third kappa shape index (κ3) is 1.33. The molecule has 1 nitrogen and oxygen atoms in total. The van der Waals surface area contributed by atoms with Gasteiger partial charge in [0.05, 0.1) is 0 Å². The summed E-state index contributed by atoms with van der Waals surface area (Å²) in [7, 11) is 0. The minimum Gasteiger partial charge on any atom is -0.317 e. The number of halogens is 1. The Kier molecular flexibility index (Phi) is 1.81. The second-order valence-electron chi connectivity index (χ2n) is 4.76. The largest absolute Gasteiger partial charge is 0.317 e. The van der Waals surface area contributed by atoms with Gasteiger partial charge in [-0.15, -0.1) is 0 Å². The van der Waals surface area contributed by atoms with Gasteiger partial charge < -0.3 is 5.32 Å². The Labute approximate surface area is 84.1 Å². The number of allylic oxidation sites excluding steroid dienone is 4. The summed E-state index contributed by atoms with van der Waals surface area (Å²) >= 11 is 0. The van der Waals surface area contributed by atoms with Crippen molar-refractivity contribution in [2.45, 2.75) is 24.9 Å². The summed E-state index contributed by atoms with van der Waals surface area (Å²) in [4.78, 5) is 0. The van der Waals surface area contributed by atoms with Crippen LogP contribution < -0.4 is 5.32 Å². The fraction of sp³-hybridized carbons (Fsp3) is 0.667. The topological polar surface area (TPSA) is 12.0 Å². The van der Waals surface area contributed by atoms with Crippen LogP contribution in [0.4, 0.5) is 4.39 Å². The fourth-order valence-corrected chi connectivity index (χ4v) is 2.62. The van der Waals surface area contributed by atoms with Crippen molar-refractivity contribution in [2.75, 3.05) is 13.1 Å². The minimum absolute atomic E-state index is 0.206. The summed E-state index contributed by atoms with van der Waals surface area (Å²) in [5.74, 6) is 0.884. The van der Waals surface area contributed by atoms with Crippen molar-refractivity contribution in [3.8, 4) is 0 Å². The van der Waals surface area contributed by atoms with E-state index in [-0.39, 0.29) is 5.92 Å². The molecular weight excluding hydrogens is 177 g/mol. The summed E-state index contributed by atoms with van der Waals surface area (Å²) in [6, 6.07) is 0. The maximum atomic E-state index is 13.5. The zero-order chi connectivity index (χ0) is 9.60. The number of alkyl halides is 1. The summed E-state index contributed by atoms with van der Waals surface area (Å²) in [6.45, 7) is 2.22. The van der Waals surface area contributed by atoms with Crippen molar-refractivity contribution in [3.63, 3.8) is 0 Å². The number of piperidine rings is 1. The summed E-state index contributed by atoms with van der Waals surface area (Å²) < 4.78 is 13.5. The Hall–Kier alpha value is -0.630. The van der Waals surface area contributed by atoms with Crippen LogP contribution in [0.15, 0.2) is 23.8 Å². The summed E-state index contributed by atoms with van der Waals surface area (Å²) in [6.07, 6.45) is 9.13. The van der Waals surface area contributed by atoms with Crippen LogP contribution in [0.2, 0.25) is 0 Å². The quantitative estimate of drug-likeness (QED) is 0.673. The number of nitrogens with one attached hydrogen (secondary N) is 1. The molecule has 0 spiro atoms. The van der Waals surface area contributed by atoms with E-state index in [1.807, 2.05) is 6.08 Å². The van der Waals surface area contributed by atoms with Crippen LogP contribution in [0.25, 0.3) is 0 Å². The molecule has 2 fully saturated rings. The van der Waals surface area contributed by atoms with Crippen LogP contribution in [-0.2, 0) is 0 Å². The first-order valence-electron chi connectivity index (χ1n) is 5.58. The van der Waals surface area contributed by atoms with Gasteiger partial charge in [0, 0.05) is 5.92 Å². The van der Waals surface area contributed by atoms with E-state index in [2.05, 4.69) is 11.4 Å². The first-order chi connectivity index (χ1) is 6.78. The molecule has 76 valence electrons. The van der Waals surface area contributed by atoms with Crippen LogP contribution in [-0.4, -0.2) is 18.8 Å². The number of rotatable bonds is 1. The second-order valence-corrected chi connectivity index (χ2v) is 4.76. The normalized spacial score (nSPS) is 41.8. The molecule has 0 radical (unpaired) electrons. The van der Waals surface area contributed by atoms with Crippen LogP contribution in [0.1, 0.15) is 19.3 Å². The van der Waals surface area contributed by atoms with Gasteiger partial charge in [-0.1, -0.05) is 12.2 Å². The van der Waals surface area contributed by atoms with Gasteiger partial charge in [-0.05, 0) is 49.9 Å². The molecule has 14 heavy (non-hydrogen) atoms. The standard InChI is InChI=1S/C12H16FN/c13-12-4-1-10(7-11(12)8-12)9-2-5-14-6-3-9/h1,4,7,9,11,14H,2-3,5-6,8H2. The van der Waals surface area contributed by atoms with E-state index in [9.17, 15) is 4.39 Å². The van der Waals surface area contributed by atoms with Gasteiger partial charge in [0.2, 0.25) is 0 Å². The monoisotopic (exact) mass is 193 g/mol. The van der Waals surface area contributed by atoms with Crippen LogP contribution in [0.3, 0.4) is 0 Å². The molecule has 0 aromatic rings. The molecule has 1 N–H and O–H groups in total. The second kappa shape index (κ2) is 2.93. The average molecular weight is 193 g/mol. The lowest BCUT2D eigenvalue weighted by Crippen LogP contribution is -2.28. The Balaban J connectivity index is 1.74. The predicted octanol–water partition coefficient (Wildman–Crippen LogP) is 2.21. The molecule has 1 saturated carbocycles. The van der Waals surface area contributed by atoms with Crippen LogP contribution in [0.5, 0.6) is 0 Å². The number of hydrogen-bond acceptors (Lipinski definition) is 1. The highest BCUT2D eigenvalue weighted by Gasteiger charge is 2.53. The van der Waals surface area contributed by atoms with Crippen molar-refractivity contribution in [3.05, 3.63) is 23.8 Å². The molecule has 3 aliphatic rings. The SMILES string of the molecule is FC12C=CC(C3CCNCC3)=CC1C2. The molecule has 2 aliphatic carbocycles. The highest BCUT2D eigenvalue weighted by atomic mass is 19.1. The number of fused-ring (bicyclic) bond motifs is 1. The van der Waals surface area contributed by atoms with Gasteiger partial charge in [-0.3, -0.25) is 0 Å². The lowest BCUT2D eigenvalue weighted by atomic mass is 9.87. The highest BCUT2D eigenvalue weighted by Crippen LogP contribution is 2.53. The maximum absolute atomic E-state index is 13.5. The third-order valence-electron chi connectivity index (χ3n) is 3.75. The maximum Gasteiger partial charge on any atom is 0.136 e. The molecule has 2 heteroatoms. The molecule has 0 aromatic carbocycles. The average Bonchev–Trinajstić information content (AvgIpc) is 2.90. The zero-order valence-electron chi connectivity index (χ0n) is 8.30. The first-order valence-corrected chi connectivity index (χ1v) is 5.58. The summed E-state index contributed by atoms with van der Waals surface area (Å²) in [5.41, 5.74) is 0.443. The molecule has 0 aromatic heterocycles. The van der Waals surface area contributed by atoms with Crippen molar-refractivity contribution >= 4 is 0 Å². The van der Waals surface area contributed by atoms with Crippen molar-refractivity contribution in [2.24, 2.45) is 11.8 Å². The molecule has 0 amide bonds. The minimum atomic E-state index is -0.948. The van der Waals surface area contributed by atoms with Crippen molar-refractivity contribution in [1.29, 1.82) is 0 Å². The van der Waals surface area contributed by atoms with Gasteiger partial charge in [0.15, 0.2) is 0 Å². The zero-order valence-corrected chi connectivity index (χ0v) is 8.30. The van der Waals surface area contributed by atoms with E-state index >= 15 is 0 Å². The van der Waals surface area contributed by atoms with E-state index in [0.29, 0.717) is 5.92 Å². The lowest BCUT2D eigenvalue weighted by molar-refractivity contribution is 0.356. The van der Waals surface area contributed by atoms with E-state index in [0.717, 1.165) is 19.5 Å². The third-order valence-corrected chi connectivity index (χ3v) is 3.75. The molecule has 1 aliphatic heterocycles. The smallest absolute Gasteiger partial charge is 0.136 e. The predicted molar refractivity (Wildman–Crippen MR) is 54.8 cm³/mol. The van der Waals surface area contributed by atoms with E-state index < -0.39 is 5.67 Å². The van der Waals surface area contributed by atoms with E-state index in [1.165, 1.54) is 18.4 Å². The first kappa shape index (κ1) is 8.66. The lowest BCUT2D eigenvalue weighted by Gasteiger charge is -2.25.